The molecule has 1 aromatic heterocycles. The lowest BCUT2D eigenvalue weighted by atomic mass is 9.73. The molecule has 1 aromatic carbocycles. The van der Waals surface area contributed by atoms with Crippen molar-refractivity contribution >= 4 is 5.91 Å². The fourth-order valence-electron chi connectivity index (χ4n) is 5.55. The third-order valence-electron chi connectivity index (χ3n) is 7.67. The number of carbonyl (C=O) groups is 1. The summed E-state index contributed by atoms with van der Waals surface area (Å²) in [7, 11) is 1.57. The van der Waals surface area contributed by atoms with Crippen LogP contribution in [0, 0.1) is 17.8 Å². The molecule has 7 nitrogen and oxygen atoms in total. The number of terminal acetylenes is 1. The minimum atomic E-state index is -0.819. The number of nitrogens with one attached hydrogen (secondary N) is 2. The Bertz CT molecular complexity index is 1180. The third-order valence-corrected chi connectivity index (χ3v) is 7.67. The van der Waals surface area contributed by atoms with Gasteiger partial charge in [-0.25, -0.2) is 4.98 Å². The molecular weight excluding hydrogens is 490 g/mol. The molecule has 1 fully saturated rings. The molecule has 1 saturated carbocycles. The smallest absolute Gasteiger partial charge is 0.222 e. The highest BCUT2D eigenvalue weighted by Crippen LogP contribution is 2.48. The van der Waals surface area contributed by atoms with E-state index < -0.39 is 12.1 Å². The van der Waals surface area contributed by atoms with Crippen molar-refractivity contribution in [3.05, 3.63) is 58.8 Å². The Morgan fingerprint density at radius 1 is 1.31 bits per heavy atom. The molecular formula is C32H43N3O4. The van der Waals surface area contributed by atoms with Crippen LogP contribution in [0.3, 0.4) is 0 Å². The van der Waals surface area contributed by atoms with E-state index in [-0.39, 0.29) is 29.4 Å². The zero-order valence-corrected chi connectivity index (χ0v) is 23.8. The fraction of sp³-hybridized carbons (Fsp3) is 0.562. The summed E-state index contributed by atoms with van der Waals surface area (Å²) in [4.78, 5) is 17.3. The predicted octanol–water partition coefficient (Wildman–Crippen LogP) is 4.11. The summed E-state index contributed by atoms with van der Waals surface area (Å²) < 4.78 is 11.5. The molecule has 0 unspecified atom stereocenters. The van der Waals surface area contributed by atoms with Crippen LogP contribution in [0.5, 0.6) is 5.88 Å². The van der Waals surface area contributed by atoms with Gasteiger partial charge in [-0.3, -0.25) is 4.79 Å². The maximum atomic E-state index is 12.6. The maximum absolute atomic E-state index is 12.6. The van der Waals surface area contributed by atoms with Gasteiger partial charge in [-0.1, -0.05) is 38.8 Å². The van der Waals surface area contributed by atoms with Gasteiger partial charge in [0.15, 0.2) is 0 Å². The summed E-state index contributed by atoms with van der Waals surface area (Å²) in [5, 5.41) is 18.0. The molecule has 4 rings (SSSR count). The summed E-state index contributed by atoms with van der Waals surface area (Å²) in [5.74, 6) is 3.19. The van der Waals surface area contributed by atoms with Crippen LogP contribution in [0.25, 0.3) is 0 Å². The summed E-state index contributed by atoms with van der Waals surface area (Å²) in [5.41, 5.74) is 3.92. The molecule has 1 aliphatic heterocycles. The molecule has 0 radical (unpaired) electrons. The Morgan fingerprint density at radius 3 is 2.77 bits per heavy atom. The highest BCUT2D eigenvalue weighted by molar-refractivity contribution is 5.76. The summed E-state index contributed by atoms with van der Waals surface area (Å²) in [6.45, 7) is 7.30. The monoisotopic (exact) mass is 533 g/mol. The van der Waals surface area contributed by atoms with Crippen LogP contribution < -0.4 is 15.4 Å². The van der Waals surface area contributed by atoms with Gasteiger partial charge in [0.2, 0.25) is 11.8 Å². The van der Waals surface area contributed by atoms with Crippen LogP contribution in [-0.2, 0) is 22.4 Å². The van der Waals surface area contributed by atoms with Gasteiger partial charge >= 0.3 is 0 Å². The Hall–Kier alpha value is -2.92. The van der Waals surface area contributed by atoms with Gasteiger partial charge in [-0.2, -0.15) is 0 Å². The standard InChI is InChI=1S/C32H43N3O4/c1-6-22-9-7-10-23(15-22)17-26(35-29(37)11-14-38-5)28(36)21-33-27-19-32(12-8-13-32)39-30-25(27)16-24(20-34-30)18-31(2,3)4/h1,7,9-10,15-16,20,26-28,33,36H,8,11-14,17-19,21H2,2-5H3,(H,35,37)/t26-,27-,28+/m0/s1. The van der Waals surface area contributed by atoms with Crippen LogP contribution in [0.2, 0.25) is 0 Å². The minimum absolute atomic E-state index is 0.00530. The number of methoxy groups -OCH3 is 1. The van der Waals surface area contributed by atoms with Crippen molar-refractivity contribution in [2.24, 2.45) is 5.41 Å². The normalized spacial score (nSPS) is 19.2. The van der Waals surface area contributed by atoms with Gasteiger partial charge in [0.05, 0.1) is 18.8 Å². The van der Waals surface area contributed by atoms with E-state index in [0.29, 0.717) is 25.5 Å². The molecule has 0 saturated heterocycles. The number of fused-ring (bicyclic) bond motifs is 1. The number of aliphatic hydroxyl groups excluding tert-OH is 1. The van der Waals surface area contributed by atoms with Crippen molar-refractivity contribution in [2.75, 3.05) is 20.3 Å². The Kier molecular flexibility index (Phi) is 9.32. The largest absolute Gasteiger partial charge is 0.471 e. The SMILES string of the molecule is C#Cc1cccc(C[C@H](NC(=O)CCOC)[C@H](O)CN[C@H]2CC3(CCC3)Oc3ncc(CC(C)(C)C)cc32)c1. The minimum Gasteiger partial charge on any atom is -0.471 e. The molecule has 1 spiro atoms. The molecule has 7 heteroatoms. The molecule has 2 aliphatic rings. The van der Waals surface area contributed by atoms with Crippen LogP contribution in [0.15, 0.2) is 36.5 Å². The Labute approximate surface area is 233 Å². The van der Waals surface area contributed by atoms with Crippen LogP contribution in [-0.4, -0.2) is 54.0 Å². The van der Waals surface area contributed by atoms with Gasteiger partial charge in [0.1, 0.15) is 5.60 Å². The molecule has 1 aliphatic carbocycles. The van der Waals surface area contributed by atoms with Gasteiger partial charge in [-0.05, 0) is 66.8 Å². The number of aliphatic hydroxyl groups is 1. The number of amides is 1. The van der Waals surface area contributed by atoms with Crippen molar-refractivity contribution in [2.45, 2.75) is 89.5 Å². The van der Waals surface area contributed by atoms with E-state index >= 15 is 0 Å². The van der Waals surface area contributed by atoms with Gasteiger partial charge in [0.25, 0.3) is 0 Å². The zero-order valence-electron chi connectivity index (χ0n) is 23.8. The molecule has 1 amide bonds. The molecule has 39 heavy (non-hydrogen) atoms. The van der Waals surface area contributed by atoms with Crippen molar-refractivity contribution in [3.8, 4) is 18.2 Å². The number of aromatic nitrogens is 1. The van der Waals surface area contributed by atoms with Gasteiger partial charge in [-0.15, -0.1) is 6.42 Å². The van der Waals surface area contributed by atoms with E-state index in [0.717, 1.165) is 48.8 Å². The molecule has 0 bridgehead atoms. The van der Waals surface area contributed by atoms with Crippen molar-refractivity contribution in [1.29, 1.82) is 0 Å². The topological polar surface area (TPSA) is 92.7 Å². The lowest BCUT2D eigenvalue weighted by Crippen LogP contribution is -2.52. The lowest BCUT2D eigenvalue weighted by molar-refractivity contribution is -0.123. The first kappa shape index (κ1) is 29.1. The van der Waals surface area contributed by atoms with E-state index in [4.69, 9.17) is 20.9 Å². The quantitative estimate of drug-likeness (QED) is 0.377. The molecule has 210 valence electrons. The van der Waals surface area contributed by atoms with E-state index in [2.05, 4.69) is 43.4 Å². The van der Waals surface area contributed by atoms with E-state index in [1.54, 1.807) is 7.11 Å². The highest BCUT2D eigenvalue weighted by atomic mass is 16.5. The Morgan fingerprint density at radius 2 is 2.10 bits per heavy atom. The van der Waals surface area contributed by atoms with E-state index in [1.165, 1.54) is 5.56 Å². The lowest BCUT2D eigenvalue weighted by Gasteiger charge is -2.47. The molecule has 2 heterocycles. The van der Waals surface area contributed by atoms with E-state index in [1.807, 2.05) is 30.5 Å². The van der Waals surface area contributed by atoms with Crippen molar-refractivity contribution in [1.82, 2.24) is 15.6 Å². The first-order chi connectivity index (χ1) is 18.6. The Balaban J connectivity index is 1.51. The van der Waals surface area contributed by atoms with Crippen LogP contribution in [0.4, 0.5) is 0 Å². The second-order valence-electron chi connectivity index (χ2n) is 12.3. The summed E-state index contributed by atoms with van der Waals surface area (Å²) in [6, 6.07) is 9.38. The van der Waals surface area contributed by atoms with E-state index in [9.17, 15) is 9.90 Å². The first-order valence-corrected chi connectivity index (χ1v) is 14.0. The number of hydrogen-bond donors (Lipinski definition) is 3. The third kappa shape index (κ3) is 7.82. The highest BCUT2D eigenvalue weighted by Gasteiger charge is 2.46. The second kappa shape index (κ2) is 12.5. The summed E-state index contributed by atoms with van der Waals surface area (Å²) >= 11 is 0. The molecule has 3 N–H and O–H groups in total. The number of benzene rings is 1. The average Bonchev–Trinajstić information content (AvgIpc) is 2.88. The number of hydrogen-bond acceptors (Lipinski definition) is 6. The molecule has 2 aromatic rings. The fourth-order valence-corrected chi connectivity index (χ4v) is 5.55. The molecule has 3 atom stereocenters. The van der Waals surface area contributed by atoms with Crippen LogP contribution in [0.1, 0.15) is 81.2 Å². The van der Waals surface area contributed by atoms with Crippen molar-refractivity contribution < 1.29 is 19.4 Å². The first-order valence-electron chi connectivity index (χ1n) is 14.0. The van der Waals surface area contributed by atoms with Gasteiger partial charge in [0, 0.05) is 49.9 Å². The van der Waals surface area contributed by atoms with Gasteiger partial charge < -0.3 is 25.2 Å². The second-order valence-corrected chi connectivity index (χ2v) is 12.3. The number of carbonyl (C=O) groups excluding carboxylic acids is 1. The number of nitrogens with zero attached hydrogens (tertiary/aromatic N) is 1. The van der Waals surface area contributed by atoms with Crippen molar-refractivity contribution in [3.63, 3.8) is 0 Å². The number of ether oxygens (including phenoxy) is 2. The van der Waals surface area contributed by atoms with Crippen LogP contribution >= 0.6 is 0 Å². The number of pyridine rings is 1. The maximum Gasteiger partial charge on any atom is 0.222 e. The number of rotatable bonds is 11. The summed E-state index contributed by atoms with van der Waals surface area (Å²) in [6.07, 6.45) is 12.3. The zero-order chi connectivity index (χ0) is 28.0. The predicted molar refractivity (Wildman–Crippen MR) is 152 cm³/mol. The average molecular weight is 534 g/mol.